The minimum atomic E-state index is -1.23. The van der Waals surface area contributed by atoms with Gasteiger partial charge >= 0.3 is 5.97 Å². The number of hydrogen-bond acceptors (Lipinski definition) is 5. The number of furan rings is 1. The molecule has 0 atom stereocenters. The molecule has 0 saturated heterocycles. The largest absolute Gasteiger partial charge is 0.475 e. The van der Waals surface area contributed by atoms with Crippen LogP contribution in [0.5, 0.6) is 11.7 Å². The van der Waals surface area contributed by atoms with E-state index in [-0.39, 0.29) is 27.6 Å². The van der Waals surface area contributed by atoms with Gasteiger partial charge in [0.05, 0.1) is 4.92 Å². The molecule has 1 N–H and O–H groups in total. The van der Waals surface area contributed by atoms with Gasteiger partial charge in [-0.1, -0.05) is 6.07 Å². The van der Waals surface area contributed by atoms with Crippen molar-refractivity contribution in [1.29, 1.82) is 0 Å². The number of ether oxygens (including phenoxy) is 1. The van der Waals surface area contributed by atoms with E-state index in [1.165, 1.54) is 30.3 Å². The number of nitro benzene ring substituents is 1. The summed E-state index contributed by atoms with van der Waals surface area (Å²) in [6, 6.07) is 6.78. The van der Waals surface area contributed by atoms with E-state index >= 15 is 0 Å². The third-order valence-corrected chi connectivity index (χ3v) is 2.94. The standard InChI is InChI=1S/C11H6BrNO6/c12-10-6(13(16)17)2-1-3-7(10)18-9-5-4-8(19-9)11(14)15/h1-5H,(H,14,15). The highest BCUT2D eigenvalue weighted by molar-refractivity contribution is 9.10. The summed E-state index contributed by atoms with van der Waals surface area (Å²) in [5, 5.41) is 19.4. The lowest BCUT2D eigenvalue weighted by molar-refractivity contribution is -0.385. The molecule has 2 rings (SSSR count). The Kier molecular flexibility index (Phi) is 3.52. The predicted octanol–water partition coefficient (Wildman–Crippen LogP) is 3.44. The number of rotatable bonds is 4. The maximum atomic E-state index is 10.7. The minimum Gasteiger partial charge on any atom is -0.475 e. The van der Waals surface area contributed by atoms with Crippen molar-refractivity contribution in [2.45, 2.75) is 0 Å². The molecule has 0 amide bonds. The van der Waals surface area contributed by atoms with Crippen LogP contribution in [-0.2, 0) is 0 Å². The first-order valence-corrected chi connectivity index (χ1v) is 5.72. The molecule has 0 spiro atoms. The van der Waals surface area contributed by atoms with E-state index in [2.05, 4.69) is 15.9 Å². The summed E-state index contributed by atoms with van der Waals surface area (Å²) in [6.07, 6.45) is 0. The maximum absolute atomic E-state index is 10.7. The topological polar surface area (TPSA) is 103 Å². The first kappa shape index (κ1) is 13.1. The Bertz CT molecular complexity index is 650. The van der Waals surface area contributed by atoms with E-state index in [1.54, 1.807) is 0 Å². The van der Waals surface area contributed by atoms with Crippen molar-refractivity contribution in [3.63, 3.8) is 0 Å². The van der Waals surface area contributed by atoms with Crippen molar-refractivity contribution in [2.24, 2.45) is 0 Å². The molecule has 0 fully saturated rings. The van der Waals surface area contributed by atoms with Crippen LogP contribution in [0.15, 0.2) is 39.2 Å². The zero-order chi connectivity index (χ0) is 14.0. The molecule has 1 heterocycles. The Balaban J connectivity index is 2.30. The van der Waals surface area contributed by atoms with Crippen LogP contribution >= 0.6 is 15.9 Å². The third kappa shape index (κ3) is 2.74. The molecule has 1 aromatic heterocycles. The average Bonchev–Trinajstić information content (AvgIpc) is 2.80. The van der Waals surface area contributed by atoms with E-state index in [0.717, 1.165) is 0 Å². The normalized spacial score (nSPS) is 10.2. The fourth-order valence-electron chi connectivity index (χ4n) is 1.32. The van der Waals surface area contributed by atoms with E-state index in [1.807, 2.05) is 0 Å². The molecule has 0 aliphatic heterocycles. The second-order valence-electron chi connectivity index (χ2n) is 3.37. The van der Waals surface area contributed by atoms with E-state index < -0.39 is 10.9 Å². The molecular formula is C11H6BrNO6. The van der Waals surface area contributed by atoms with Crippen LogP contribution in [-0.4, -0.2) is 16.0 Å². The van der Waals surface area contributed by atoms with Crippen LogP contribution in [0.1, 0.15) is 10.6 Å². The van der Waals surface area contributed by atoms with Gasteiger partial charge in [-0.2, -0.15) is 0 Å². The Morgan fingerprint density at radius 1 is 1.37 bits per heavy atom. The van der Waals surface area contributed by atoms with Crippen LogP contribution in [0.2, 0.25) is 0 Å². The van der Waals surface area contributed by atoms with Gasteiger partial charge in [0.2, 0.25) is 5.76 Å². The highest BCUT2D eigenvalue weighted by Gasteiger charge is 2.18. The van der Waals surface area contributed by atoms with Crippen LogP contribution in [0.3, 0.4) is 0 Å². The molecule has 8 heteroatoms. The number of halogens is 1. The Morgan fingerprint density at radius 3 is 2.68 bits per heavy atom. The zero-order valence-electron chi connectivity index (χ0n) is 9.20. The van der Waals surface area contributed by atoms with Gasteiger partial charge in [0.1, 0.15) is 4.47 Å². The molecule has 7 nitrogen and oxygen atoms in total. The minimum absolute atomic E-state index is 0.0707. The summed E-state index contributed by atoms with van der Waals surface area (Å²) in [6.45, 7) is 0. The van der Waals surface area contributed by atoms with Crippen molar-refractivity contribution < 1.29 is 24.0 Å². The second kappa shape index (κ2) is 5.11. The fraction of sp³-hybridized carbons (Fsp3) is 0. The lowest BCUT2D eigenvalue weighted by atomic mass is 10.3. The highest BCUT2D eigenvalue weighted by atomic mass is 79.9. The summed E-state index contributed by atoms with van der Waals surface area (Å²) in [7, 11) is 0. The molecule has 2 aromatic rings. The van der Waals surface area contributed by atoms with E-state index in [4.69, 9.17) is 14.3 Å². The number of carbonyl (C=O) groups is 1. The number of carboxylic acid groups (broad SMARTS) is 1. The number of carboxylic acids is 1. The van der Waals surface area contributed by atoms with Crippen LogP contribution < -0.4 is 4.74 Å². The summed E-state index contributed by atoms with van der Waals surface area (Å²) < 4.78 is 10.3. The second-order valence-corrected chi connectivity index (χ2v) is 4.17. The maximum Gasteiger partial charge on any atom is 0.371 e. The smallest absolute Gasteiger partial charge is 0.371 e. The molecule has 0 saturated carbocycles. The molecule has 19 heavy (non-hydrogen) atoms. The van der Waals surface area contributed by atoms with Gasteiger partial charge in [-0.25, -0.2) is 4.79 Å². The lowest BCUT2D eigenvalue weighted by Gasteiger charge is -2.04. The van der Waals surface area contributed by atoms with Crippen LogP contribution in [0, 0.1) is 10.1 Å². The van der Waals surface area contributed by atoms with Crippen molar-refractivity contribution in [3.05, 3.63) is 50.7 Å². The molecule has 0 unspecified atom stereocenters. The van der Waals surface area contributed by atoms with E-state index in [9.17, 15) is 14.9 Å². The van der Waals surface area contributed by atoms with Gasteiger partial charge in [0.25, 0.3) is 11.6 Å². The molecule has 1 aromatic carbocycles. The van der Waals surface area contributed by atoms with Crippen molar-refractivity contribution in [2.75, 3.05) is 0 Å². The Labute approximate surface area is 114 Å². The molecule has 0 radical (unpaired) electrons. The van der Waals surface area contributed by atoms with Crippen LogP contribution in [0.4, 0.5) is 5.69 Å². The highest BCUT2D eigenvalue weighted by Crippen LogP contribution is 2.36. The first-order valence-electron chi connectivity index (χ1n) is 4.93. The summed E-state index contributed by atoms with van der Waals surface area (Å²) in [4.78, 5) is 20.8. The number of aromatic carboxylic acids is 1. The average molecular weight is 328 g/mol. The van der Waals surface area contributed by atoms with Gasteiger partial charge in [-0.3, -0.25) is 10.1 Å². The Hall–Kier alpha value is -2.35. The lowest BCUT2D eigenvalue weighted by Crippen LogP contribution is -1.93. The number of benzene rings is 1. The van der Waals surface area contributed by atoms with Gasteiger partial charge in [0.15, 0.2) is 5.75 Å². The number of nitrogens with zero attached hydrogens (tertiary/aromatic N) is 1. The molecule has 98 valence electrons. The van der Waals surface area contributed by atoms with Gasteiger partial charge in [-0.05, 0) is 28.1 Å². The van der Waals surface area contributed by atoms with Crippen molar-refractivity contribution in [1.82, 2.24) is 0 Å². The van der Waals surface area contributed by atoms with Gasteiger partial charge < -0.3 is 14.3 Å². The zero-order valence-corrected chi connectivity index (χ0v) is 10.8. The van der Waals surface area contributed by atoms with E-state index in [0.29, 0.717) is 0 Å². The SMILES string of the molecule is O=C(O)c1ccc(Oc2cccc([N+](=O)[O-])c2Br)o1. The summed E-state index contributed by atoms with van der Waals surface area (Å²) in [5.41, 5.74) is -0.164. The van der Waals surface area contributed by atoms with Gasteiger partial charge in [0, 0.05) is 12.1 Å². The number of hydrogen-bond donors (Lipinski definition) is 1. The molecular weight excluding hydrogens is 322 g/mol. The molecule has 0 aliphatic carbocycles. The summed E-state index contributed by atoms with van der Waals surface area (Å²) >= 11 is 3.05. The quantitative estimate of drug-likeness (QED) is 0.681. The first-order chi connectivity index (χ1) is 8.99. The molecule has 0 aliphatic rings. The van der Waals surface area contributed by atoms with Crippen LogP contribution in [0.25, 0.3) is 0 Å². The monoisotopic (exact) mass is 327 g/mol. The summed E-state index contributed by atoms with van der Waals surface area (Å²) in [5.74, 6) is -1.43. The Morgan fingerprint density at radius 2 is 2.11 bits per heavy atom. The van der Waals surface area contributed by atoms with Gasteiger partial charge in [-0.15, -0.1) is 0 Å². The fourth-order valence-corrected chi connectivity index (χ4v) is 1.81. The third-order valence-electron chi connectivity index (χ3n) is 2.14. The number of nitro groups is 1. The predicted molar refractivity (Wildman–Crippen MR) is 66.5 cm³/mol. The van der Waals surface area contributed by atoms with Crippen molar-refractivity contribution >= 4 is 27.6 Å². The van der Waals surface area contributed by atoms with Crippen molar-refractivity contribution in [3.8, 4) is 11.7 Å². The molecule has 0 bridgehead atoms.